The van der Waals surface area contributed by atoms with E-state index in [4.69, 9.17) is 5.11 Å². The van der Waals surface area contributed by atoms with Crippen molar-refractivity contribution >= 4 is 17.8 Å². The number of nitrogens with zero attached hydrogens (tertiary/aromatic N) is 1. The van der Waals surface area contributed by atoms with Gasteiger partial charge < -0.3 is 15.3 Å². The number of carbonyl (C=O) groups excluding carboxylic acids is 2. The van der Waals surface area contributed by atoms with Gasteiger partial charge in [-0.1, -0.05) is 25.0 Å². The minimum absolute atomic E-state index is 0.0593. The lowest BCUT2D eigenvalue weighted by molar-refractivity contribution is -0.130. The highest BCUT2D eigenvalue weighted by molar-refractivity contribution is 5.89. The van der Waals surface area contributed by atoms with Crippen LogP contribution in [0.2, 0.25) is 0 Å². The van der Waals surface area contributed by atoms with Gasteiger partial charge in [-0.15, -0.1) is 0 Å². The molecule has 2 N–H and O–H groups in total. The normalized spacial score (nSPS) is 20.9. The zero-order valence-electron chi connectivity index (χ0n) is 14.2. The first-order valence-corrected chi connectivity index (χ1v) is 8.94. The maximum absolute atomic E-state index is 12.3. The van der Waals surface area contributed by atoms with E-state index in [1.54, 1.807) is 24.3 Å². The minimum atomic E-state index is -0.947. The summed E-state index contributed by atoms with van der Waals surface area (Å²) in [5, 5.41) is 11.8. The molecule has 1 aromatic carbocycles. The van der Waals surface area contributed by atoms with Crippen molar-refractivity contribution in [2.75, 3.05) is 13.1 Å². The number of carbonyl (C=O) groups is 3. The Hall–Kier alpha value is -2.37. The van der Waals surface area contributed by atoms with Crippen molar-refractivity contribution in [3.05, 3.63) is 35.4 Å². The lowest BCUT2D eigenvalue weighted by Crippen LogP contribution is -2.37. The van der Waals surface area contributed by atoms with Crippen LogP contribution < -0.4 is 5.32 Å². The minimum Gasteiger partial charge on any atom is -0.478 e. The highest BCUT2D eigenvalue weighted by atomic mass is 16.4. The molecule has 2 amide bonds. The largest absolute Gasteiger partial charge is 0.478 e. The number of aromatic carboxylic acids is 1. The van der Waals surface area contributed by atoms with Gasteiger partial charge in [0.25, 0.3) is 0 Å². The number of hydrogen-bond acceptors (Lipinski definition) is 3. The summed E-state index contributed by atoms with van der Waals surface area (Å²) < 4.78 is 0. The third-order valence-electron chi connectivity index (χ3n) is 5.21. The van der Waals surface area contributed by atoms with E-state index in [-0.39, 0.29) is 23.3 Å². The molecule has 0 radical (unpaired) electrons. The number of benzene rings is 1. The fourth-order valence-electron chi connectivity index (χ4n) is 3.76. The zero-order valence-corrected chi connectivity index (χ0v) is 14.2. The summed E-state index contributed by atoms with van der Waals surface area (Å²) in [4.78, 5) is 37.2. The Balaban J connectivity index is 1.45. The molecule has 6 heteroatoms. The molecule has 1 saturated carbocycles. The van der Waals surface area contributed by atoms with Crippen LogP contribution in [-0.2, 0) is 16.0 Å². The van der Waals surface area contributed by atoms with Gasteiger partial charge in [-0.05, 0) is 37.0 Å². The van der Waals surface area contributed by atoms with Crippen LogP contribution in [0.1, 0.15) is 48.0 Å². The van der Waals surface area contributed by atoms with Gasteiger partial charge >= 0.3 is 5.97 Å². The van der Waals surface area contributed by atoms with Gasteiger partial charge in [0.05, 0.1) is 11.5 Å². The standard InChI is InChI=1S/C19H24N2O4/c22-17-11-15(12-21(17)16-3-1-2-4-16)18(23)20-10-9-13-5-7-14(8-6-13)19(24)25/h5-8,15-16H,1-4,9-12H2,(H,20,23)(H,24,25)/t15-/m0/s1. The Morgan fingerprint density at radius 3 is 2.48 bits per heavy atom. The molecule has 0 unspecified atom stereocenters. The molecule has 0 aromatic heterocycles. The molecule has 0 spiro atoms. The number of likely N-dealkylation sites (tertiary alicyclic amines) is 1. The molecular weight excluding hydrogens is 320 g/mol. The predicted octanol–water partition coefficient (Wildman–Crippen LogP) is 1.83. The summed E-state index contributed by atoms with van der Waals surface area (Å²) in [5.74, 6) is -1.15. The second-order valence-electron chi connectivity index (χ2n) is 6.93. The first kappa shape index (κ1) is 17.5. The lowest BCUT2D eigenvalue weighted by atomic mass is 10.1. The third-order valence-corrected chi connectivity index (χ3v) is 5.21. The average Bonchev–Trinajstić information content (AvgIpc) is 3.24. The monoisotopic (exact) mass is 344 g/mol. The zero-order chi connectivity index (χ0) is 17.8. The summed E-state index contributed by atoms with van der Waals surface area (Å²) in [6.07, 6.45) is 5.42. The molecule has 6 nitrogen and oxygen atoms in total. The maximum atomic E-state index is 12.3. The van der Waals surface area contributed by atoms with E-state index in [1.165, 1.54) is 12.8 Å². The molecule has 1 aliphatic carbocycles. The van der Waals surface area contributed by atoms with E-state index >= 15 is 0 Å². The van der Waals surface area contributed by atoms with Crippen LogP contribution in [-0.4, -0.2) is 46.9 Å². The van der Waals surface area contributed by atoms with E-state index in [1.807, 2.05) is 4.90 Å². The second-order valence-corrected chi connectivity index (χ2v) is 6.93. The fourth-order valence-corrected chi connectivity index (χ4v) is 3.76. The number of rotatable bonds is 6. The van der Waals surface area contributed by atoms with E-state index in [0.29, 0.717) is 32.0 Å². The third kappa shape index (κ3) is 4.18. The Kier molecular flexibility index (Phi) is 5.36. The van der Waals surface area contributed by atoms with Gasteiger partial charge in [-0.25, -0.2) is 4.79 Å². The molecule has 25 heavy (non-hydrogen) atoms. The lowest BCUT2D eigenvalue weighted by Gasteiger charge is -2.23. The van der Waals surface area contributed by atoms with Crippen LogP contribution in [0, 0.1) is 5.92 Å². The molecule has 1 aromatic rings. The maximum Gasteiger partial charge on any atom is 0.335 e. The van der Waals surface area contributed by atoms with Gasteiger partial charge in [-0.2, -0.15) is 0 Å². The van der Waals surface area contributed by atoms with Gasteiger partial charge in [0.1, 0.15) is 0 Å². The molecule has 2 fully saturated rings. The topological polar surface area (TPSA) is 86.7 Å². The Bertz CT molecular complexity index is 650. The van der Waals surface area contributed by atoms with Crippen molar-refractivity contribution in [2.45, 2.75) is 44.6 Å². The van der Waals surface area contributed by atoms with Crippen molar-refractivity contribution in [1.82, 2.24) is 10.2 Å². The first-order chi connectivity index (χ1) is 12.0. The molecule has 1 saturated heterocycles. The van der Waals surface area contributed by atoms with Crippen molar-refractivity contribution < 1.29 is 19.5 Å². The predicted molar refractivity (Wildman–Crippen MR) is 92.2 cm³/mol. The molecule has 1 heterocycles. The van der Waals surface area contributed by atoms with Crippen LogP contribution in [0.15, 0.2) is 24.3 Å². The summed E-state index contributed by atoms with van der Waals surface area (Å²) in [7, 11) is 0. The van der Waals surface area contributed by atoms with Crippen LogP contribution in [0.25, 0.3) is 0 Å². The van der Waals surface area contributed by atoms with Gasteiger partial charge in [0.15, 0.2) is 0 Å². The molecule has 0 bridgehead atoms. The number of amides is 2. The first-order valence-electron chi connectivity index (χ1n) is 8.94. The quantitative estimate of drug-likeness (QED) is 0.824. The van der Waals surface area contributed by atoms with Crippen LogP contribution in [0.5, 0.6) is 0 Å². The van der Waals surface area contributed by atoms with E-state index in [9.17, 15) is 14.4 Å². The van der Waals surface area contributed by atoms with Gasteiger partial charge in [0.2, 0.25) is 11.8 Å². The Labute approximate surface area is 147 Å². The fraction of sp³-hybridized carbons (Fsp3) is 0.526. The SMILES string of the molecule is O=C(O)c1ccc(CCNC(=O)[C@H]2CC(=O)N(C3CCCC3)C2)cc1. The molecular formula is C19H24N2O4. The number of carboxylic acid groups (broad SMARTS) is 1. The Morgan fingerprint density at radius 2 is 1.84 bits per heavy atom. The summed E-state index contributed by atoms with van der Waals surface area (Å²) in [5.41, 5.74) is 1.23. The van der Waals surface area contributed by atoms with E-state index in [0.717, 1.165) is 18.4 Å². The molecule has 134 valence electrons. The number of carboxylic acids is 1. The van der Waals surface area contributed by atoms with Crippen LogP contribution in [0.4, 0.5) is 0 Å². The number of nitrogens with one attached hydrogen (secondary N) is 1. The van der Waals surface area contributed by atoms with Gasteiger partial charge in [0, 0.05) is 25.6 Å². The second kappa shape index (κ2) is 7.68. The number of hydrogen-bond donors (Lipinski definition) is 2. The highest BCUT2D eigenvalue weighted by Gasteiger charge is 2.38. The summed E-state index contributed by atoms with van der Waals surface area (Å²) in [6, 6.07) is 6.98. The molecule has 1 aliphatic heterocycles. The van der Waals surface area contributed by atoms with E-state index in [2.05, 4.69) is 5.32 Å². The van der Waals surface area contributed by atoms with Crippen molar-refractivity contribution in [2.24, 2.45) is 5.92 Å². The molecule has 1 atom stereocenters. The van der Waals surface area contributed by atoms with Crippen molar-refractivity contribution in [3.63, 3.8) is 0 Å². The average molecular weight is 344 g/mol. The highest BCUT2D eigenvalue weighted by Crippen LogP contribution is 2.29. The summed E-state index contributed by atoms with van der Waals surface area (Å²) >= 11 is 0. The molecule has 3 rings (SSSR count). The Morgan fingerprint density at radius 1 is 1.16 bits per heavy atom. The smallest absolute Gasteiger partial charge is 0.335 e. The van der Waals surface area contributed by atoms with Crippen molar-refractivity contribution in [3.8, 4) is 0 Å². The van der Waals surface area contributed by atoms with E-state index < -0.39 is 5.97 Å². The van der Waals surface area contributed by atoms with Crippen molar-refractivity contribution in [1.29, 1.82) is 0 Å². The van der Waals surface area contributed by atoms with Crippen LogP contribution >= 0.6 is 0 Å². The van der Waals surface area contributed by atoms with Crippen LogP contribution in [0.3, 0.4) is 0 Å². The van der Waals surface area contributed by atoms with Gasteiger partial charge in [-0.3, -0.25) is 9.59 Å². The summed E-state index contributed by atoms with van der Waals surface area (Å²) in [6.45, 7) is 1.03. The molecule has 2 aliphatic rings.